The average Bonchev–Trinajstić information content (AvgIpc) is 2.99. The molecule has 2 saturated heterocycles. The fourth-order valence-electron chi connectivity index (χ4n) is 4.27. The summed E-state index contributed by atoms with van der Waals surface area (Å²) in [7, 11) is 1.82. The van der Waals surface area contributed by atoms with Crippen molar-refractivity contribution < 1.29 is 19.4 Å². The Morgan fingerprint density at radius 2 is 1.82 bits per heavy atom. The molecule has 2 aliphatic heterocycles. The van der Waals surface area contributed by atoms with Crippen LogP contribution in [-0.2, 0) is 16.6 Å². The molecule has 172 valence electrons. The van der Waals surface area contributed by atoms with E-state index in [1.54, 1.807) is 17.1 Å². The van der Waals surface area contributed by atoms with Crippen LogP contribution in [0.4, 0.5) is 5.95 Å². The fraction of sp³-hybridized carbons (Fsp3) is 0.348. The number of aromatic nitrogens is 4. The van der Waals surface area contributed by atoms with E-state index >= 15 is 0 Å². The molecule has 4 heterocycles. The monoisotopic (exact) mass is 450 g/mol. The van der Waals surface area contributed by atoms with E-state index in [0.717, 1.165) is 17.8 Å². The third-order valence-corrected chi connectivity index (χ3v) is 5.73. The highest BCUT2D eigenvalue weighted by Gasteiger charge is 2.37. The zero-order chi connectivity index (χ0) is 23.2. The van der Waals surface area contributed by atoms with E-state index in [9.17, 15) is 4.79 Å². The SMILES string of the molecule is Cn1nc(-c2ccccc2)cc1C(=O)N1C[C@@H]2COC[C@H](C1)N(c1ncccn1)C2.O=CO. The van der Waals surface area contributed by atoms with Crippen molar-refractivity contribution in [3.8, 4) is 11.3 Å². The van der Waals surface area contributed by atoms with Crippen molar-refractivity contribution in [1.82, 2.24) is 24.6 Å². The minimum Gasteiger partial charge on any atom is -0.483 e. The fourth-order valence-corrected chi connectivity index (χ4v) is 4.27. The molecule has 1 N–H and O–H groups in total. The van der Waals surface area contributed by atoms with Gasteiger partial charge in [-0.05, 0) is 12.1 Å². The van der Waals surface area contributed by atoms with Crippen molar-refractivity contribution in [2.75, 3.05) is 37.7 Å². The Kier molecular flexibility index (Phi) is 6.94. The lowest BCUT2D eigenvalue weighted by molar-refractivity contribution is -0.122. The number of rotatable bonds is 3. The normalized spacial score (nSPS) is 19.8. The lowest BCUT2D eigenvalue weighted by Crippen LogP contribution is -2.46. The van der Waals surface area contributed by atoms with Crippen molar-refractivity contribution in [1.29, 1.82) is 0 Å². The van der Waals surface area contributed by atoms with Crippen molar-refractivity contribution in [2.24, 2.45) is 13.0 Å². The lowest BCUT2D eigenvalue weighted by Gasteiger charge is -2.31. The topological polar surface area (TPSA) is 114 Å². The molecule has 1 aromatic carbocycles. The molecule has 3 aromatic rings. The summed E-state index contributed by atoms with van der Waals surface area (Å²) in [5.41, 5.74) is 2.40. The Labute approximate surface area is 191 Å². The Morgan fingerprint density at radius 3 is 2.55 bits per heavy atom. The van der Waals surface area contributed by atoms with Crippen LogP contribution >= 0.6 is 0 Å². The molecule has 0 unspecified atom stereocenters. The molecule has 5 rings (SSSR count). The van der Waals surface area contributed by atoms with Gasteiger partial charge in [0, 0.05) is 50.6 Å². The predicted molar refractivity (Wildman–Crippen MR) is 121 cm³/mol. The Balaban J connectivity index is 0.000000821. The molecule has 0 radical (unpaired) electrons. The largest absolute Gasteiger partial charge is 0.483 e. The number of nitrogens with zero attached hydrogens (tertiary/aromatic N) is 6. The minimum absolute atomic E-state index is 0.0000823. The van der Waals surface area contributed by atoms with Crippen LogP contribution < -0.4 is 4.90 Å². The lowest BCUT2D eigenvalue weighted by atomic mass is 10.1. The van der Waals surface area contributed by atoms with Crippen LogP contribution in [0.5, 0.6) is 0 Å². The van der Waals surface area contributed by atoms with Gasteiger partial charge in [-0.3, -0.25) is 14.3 Å². The Hall–Kier alpha value is -3.79. The zero-order valence-corrected chi connectivity index (χ0v) is 18.3. The van der Waals surface area contributed by atoms with Crippen LogP contribution in [0, 0.1) is 5.92 Å². The number of benzene rings is 1. The molecule has 1 amide bonds. The molecular weight excluding hydrogens is 424 g/mol. The third-order valence-electron chi connectivity index (χ3n) is 5.73. The van der Waals surface area contributed by atoms with Crippen molar-refractivity contribution in [3.63, 3.8) is 0 Å². The number of carbonyl (C=O) groups is 2. The molecule has 10 nitrogen and oxygen atoms in total. The van der Waals surface area contributed by atoms with Gasteiger partial charge in [0.2, 0.25) is 5.95 Å². The molecule has 0 aliphatic carbocycles. The van der Waals surface area contributed by atoms with Gasteiger partial charge >= 0.3 is 0 Å². The molecule has 0 spiro atoms. The second-order valence-electron chi connectivity index (χ2n) is 7.98. The number of carboxylic acid groups (broad SMARTS) is 1. The van der Waals surface area contributed by atoms with Crippen molar-refractivity contribution in [2.45, 2.75) is 6.04 Å². The summed E-state index contributed by atoms with van der Waals surface area (Å²) in [6, 6.07) is 13.6. The number of fused-ring (bicyclic) bond motifs is 3. The number of aryl methyl sites for hydroxylation is 1. The molecule has 0 saturated carbocycles. The first-order valence-corrected chi connectivity index (χ1v) is 10.7. The van der Waals surface area contributed by atoms with E-state index in [-0.39, 0.29) is 24.3 Å². The van der Waals surface area contributed by atoms with Gasteiger partial charge < -0.3 is 19.6 Å². The van der Waals surface area contributed by atoms with Crippen LogP contribution in [-0.4, -0.2) is 81.0 Å². The number of carbonyl (C=O) groups excluding carboxylic acids is 1. The maximum atomic E-state index is 13.5. The van der Waals surface area contributed by atoms with Crippen LogP contribution in [0.3, 0.4) is 0 Å². The van der Waals surface area contributed by atoms with E-state index < -0.39 is 0 Å². The smallest absolute Gasteiger partial charge is 0.290 e. The first kappa shape index (κ1) is 22.4. The van der Waals surface area contributed by atoms with Gasteiger partial charge in [-0.25, -0.2) is 9.97 Å². The third kappa shape index (κ3) is 5.01. The van der Waals surface area contributed by atoms with Gasteiger partial charge in [-0.15, -0.1) is 0 Å². The summed E-state index contributed by atoms with van der Waals surface area (Å²) >= 11 is 0. The first-order chi connectivity index (χ1) is 16.1. The highest BCUT2D eigenvalue weighted by atomic mass is 16.5. The van der Waals surface area contributed by atoms with E-state index in [0.29, 0.717) is 37.9 Å². The number of ether oxygens (including phenoxy) is 1. The zero-order valence-electron chi connectivity index (χ0n) is 18.3. The van der Waals surface area contributed by atoms with Crippen LogP contribution in [0.15, 0.2) is 54.9 Å². The summed E-state index contributed by atoms with van der Waals surface area (Å²) in [6.07, 6.45) is 3.50. The molecule has 33 heavy (non-hydrogen) atoms. The van der Waals surface area contributed by atoms with Gasteiger partial charge in [0.1, 0.15) is 5.69 Å². The van der Waals surface area contributed by atoms with Gasteiger partial charge in [-0.1, -0.05) is 30.3 Å². The molecular formula is C23H26N6O4. The predicted octanol–water partition coefficient (Wildman–Crippen LogP) is 1.56. The summed E-state index contributed by atoms with van der Waals surface area (Å²) in [5, 5.41) is 11.5. The molecule has 2 atom stereocenters. The number of amides is 1. The molecule has 2 aliphatic rings. The van der Waals surface area contributed by atoms with E-state index in [4.69, 9.17) is 14.6 Å². The first-order valence-electron chi connectivity index (χ1n) is 10.7. The number of hydrogen-bond acceptors (Lipinski definition) is 7. The molecule has 2 bridgehead atoms. The Morgan fingerprint density at radius 1 is 1.09 bits per heavy atom. The van der Waals surface area contributed by atoms with Gasteiger partial charge in [0.15, 0.2) is 0 Å². The highest BCUT2D eigenvalue weighted by Crippen LogP contribution is 2.25. The summed E-state index contributed by atoms with van der Waals surface area (Å²) in [4.78, 5) is 34.8. The summed E-state index contributed by atoms with van der Waals surface area (Å²) in [6.45, 7) is 2.92. The van der Waals surface area contributed by atoms with E-state index in [1.807, 2.05) is 54.4 Å². The summed E-state index contributed by atoms with van der Waals surface area (Å²) in [5.74, 6) is 0.895. The molecule has 10 heteroatoms. The standard InChI is InChI=1S/C22H24N6O2.CH2O2/c1-26-20(10-19(25-26)17-6-3-2-4-7-17)21(29)27-11-16-12-28(18(13-27)15-30-14-16)22-23-8-5-9-24-22;2-1-3/h2-10,16,18H,11-15H2,1H3;1H,(H,2,3)/t16-,18-;/m0./s1. The maximum absolute atomic E-state index is 13.5. The van der Waals surface area contributed by atoms with Crippen LogP contribution in [0.25, 0.3) is 11.3 Å². The maximum Gasteiger partial charge on any atom is 0.290 e. The number of hydrogen-bond donors (Lipinski definition) is 1. The van der Waals surface area contributed by atoms with E-state index in [1.165, 1.54) is 0 Å². The average molecular weight is 450 g/mol. The second-order valence-corrected chi connectivity index (χ2v) is 7.98. The Bertz CT molecular complexity index is 1080. The van der Waals surface area contributed by atoms with Crippen LogP contribution in [0.2, 0.25) is 0 Å². The second kappa shape index (κ2) is 10.2. The van der Waals surface area contributed by atoms with Crippen LogP contribution in [0.1, 0.15) is 10.5 Å². The van der Waals surface area contributed by atoms with Crippen molar-refractivity contribution >= 4 is 18.3 Å². The highest BCUT2D eigenvalue weighted by molar-refractivity contribution is 5.94. The number of anilines is 1. The molecule has 2 aromatic heterocycles. The van der Waals surface area contributed by atoms with E-state index in [2.05, 4.69) is 20.0 Å². The van der Waals surface area contributed by atoms with Gasteiger partial charge in [-0.2, -0.15) is 5.10 Å². The quantitative estimate of drug-likeness (QED) is 0.598. The van der Waals surface area contributed by atoms with Gasteiger partial charge in [0.25, 0.3) is 12.4 Å². The summed E-state index contributed by atoms with van der Waals surface area (Å²) < 4.78 is 7.56. The molecule has 2 fully saturated rings. The minimum atomic E-state index is -0.250. The van der Waals surface area contributed by atoms with Crippen molar-refractivity contribution in [3.05, 3.63) is 60.6 Å². The van der Waals surface area contributed by atoms with Gasteiger partial charge in [0.05, 0.1) is 24.9 Å².